The number of hydrogen-bond donors (Lipinski definition) is 1. The van der Waals surface area contributed by atoms with Crippen molar-refractivity contribution in [3.05, 3.63) is 66.2 Å². The standard InChI is InChI=1S/C15H16N/c1-2-15(13-9-5-3-6-10-13)16-14-11-7-4-8-12-14/h3,5-12,15-16H,2H2,1H3. The van der Waals surface area contributed by atoms with Crippen molar-refractivity contribution in [1.82, 2.24) is 0 Å². The Hall–Kier alpha value is -1.76. The van der Waals surface area contributed by atoms with Crippen LogP contribution in [0.15, 0.2) is 54.6 Å². The molecule has 0 fully saturated rings. The topological polar surface area (TPSA) is 12.0 Å². The molecule has 0 bridgehead atoms. The molecule has 1 nitrogen and oxygen atoms in total. The van der Waals surface area contributed by atoms with Gasteiger partial charge >= 0.3 is 0 Å². The van der Waals surface area contributed by atoms with E-state index in [0.717, 1.165) is 12.1 Å². The summed E-state index contributed by atoms with van der Waals surface area (Å²) in [4.78, 5) is 0. The largest absolute Gasteiger partial charge is 0.378 e. The van der Waals surface area contributed by atoms with E-state index in [0.29, 0.717) is 6.04 Å². The van der Waals surface area contributed by atoms with Gasteiger partial charge in [0.05, 0.1) is 6.04 Å². The molecule has 2 rings (SSSR count). The zero-order valence-corrected chi connectivity index (χ0v) is 9.48. The normalized spacial score (nSPS) is 12.1. The first-order valence-corrected chi connectivity index (χ1v) is 5.67. The third-order valence-electron chi connectivity index (χ3n) is 2.67. The first-order chi connectivity index (χ1) is 7.90. The highest BCUT2D eigenvalue weighted by atomic mass is 14.9. The van der Waals surface area contributed by atoms with Gasteiger partial charge in [0.25, 0.3) is 0 Å². The van der Waals surface area contributed by atoms with Gasteiger partial charge in [-0.3, -0.25) is 0 Å². The molecule has 81 valence electrons. The molecule has 1 atom stereocenters. The molecule has 2 aromatic rings. The minimum absolute atomic E-state index is 0.378. The van der Waals surface area contributed by atoms with Crippen molar-refractivity contribution in [2.45, 2.75) is 19.4 Å². The molecule has 16 heavy (non-hydrogen) atoms. The summed E-state index contributed by atoms with van der Waals surface area (Å²) < 4.78 is 0. The van der Waals surface area contributed by atoms with E-state index >= 15 is 0 Å². The number of nitrogens with one attached hydrogen (secondary N) is 1. The Morgan fingerprint density at radius 1 is 1.06 bits per heavy atom. The van der Waals surface area contributed by atoms with Gasteiger partial charge < -0.3 is 5.32 Å². The van der Waals surface area contributed by atoms with Crippen LogP contribution in [0.4, 0.5) is 5.69 Å². The van der Waals surface area contributed by atoms with E-state index < -0.39 is 0 Å². The highest BCUT2D eigenvalue weighted by Crippen LogP contribution is 2.21. The molecule has 1 unspecified atom stereocenters. The summed E-state index contributed by atoms with van der Waals surface area (Å²) in [5.74, 6) is 0. The Labute approximate surface area is 97.1 Å². The fourth-order valence-electron chi connectivity index (χ4n) is 1.79. The summed E-state index contributed by atoms with van der Waals surface area (Å²) in [6, 6.07) is 21.9. The van der Waals surface area contributed by atoms with Crippen LogP contribution in [0.3, 0.4) is 0 Å². The van der Waals surface area contributed by atoms with E-state index in [1.807, 2.05) is 30.3 Å². The quantitative estimate of drug-likeness (QED) is 0.802. The van der Waals surface area contributed by atoms with Crippen molar-refractivity contribution in [3.63, 3.8) is 0 Å². The van der Waals surface area contributed by atoms with Crippen LogP contribution in [0.5, 0.6) is 0 Å². The Balaban J connectivity index is 2.13. The van der Waals surface area contributed by atoms with Gasteiger partial charge in [0, 0.05) is 5.69 Å². The summed E-state index contributed by atoms with van der Waals surface area (Å²) >= 11 is 0. The minimum Gasteiger partial charge on any atom is -0.378 e. The zero-order chi connectivity index (χ0) is 11.2. The predicted molar refractivity (Wildman–Crippen MR) is 68.4 cm³/mol. The molecule has 2 aromatic carbocycles. The van der Waals surface area contributed by atoms with Crippen LogP contribution < -0.4 is 5.32 Å². The van der Waals surface area contributed by atoms with Crippen LogP contribution in [0.2, 0.25) is 0 Å². The van der Waals surface area contributed by atoms with E-state index in [1.165, 1.54) is 5.56 Å². The highest BCUT2D eigenvalue weighted by molar-refractivity contribution is 5.44. The second-order valence-electron chi connectivity index (χ2n) is 3.80. The molecule has 0 aliphatic carbocycles. The summed E-state index contributed by atoms with van der Waals surface area (Å²) in [7, 11) is 0. The molecule has 0 saturated carbocycles. The number of rotatable bonds is 4. The lowest BCUT2D eigenvalue weighted by molar-refractivity contribution is 0.749. The number of benzene rings is 2. The Morgan fingerprint density at radius 2 is 1.75 bits per heavy atom. The molecule has 1 N–H and O–H groups in total. The lowest BCUT2D eigenvalue weighted by Crippen LogP contribution is -2.09. The molecule has 0 heterocycles. The lowest BCUT2D eigenvalue weighted by atomic mass is 10.0. The first kappa shape index (κ1) is 10.7. The van der Waals surface area contributed by atoms with Crippen molar-refractivity contribution in [1.29, 1.82) is 0 Å². The first-order valence-electron chi connectivity index (χ1n) is 5.67. The van der Waals surface area contributed by atoms with Gasteiger partial charge in [-0.15, -0.1) is 0 Å². The number of hydrogen-bond acceptors (Lipinski definition) is 1. The Morgan fingerprint density at radius 3 is 2.38 bits per heavy atom. The van der Waals surface area contributed by atoms with Gasteiger partial charge in [-0.2, -0.15) is 0 Å². The lowest BCUT2D eigenvalue weighted by Gasteiger charge is -2.18. The fourth-order valence-corrected chi connectivity index (χ4v) is 1.79. The molecule has 0 amide bonds. The van der Waals surface area contributed by atoms with Gasteiger partial charge in [0.15, 0.2) is 0 Å². The maximum Gasteiger partial charge on any atom is 0.0511 e. The van der Waals surface area contributed by atoms with Crippen molar-refractivity contribution in [3.8, 4) is 0 Å². The average Bonchev–Trinajstić information content (AvgIpc) is 2.38. The Bertz CT molecular complexity index is 408. The maximum absolute atomic E-state index is 3.52. The van der Waals surface area contributed by atoms with Gasteiger partial charge in [-0.25, -0.2) is 0 Å². The molecule has 1 radical (unpaired) electrons. The van der Waals surface area contributed by atoms with Crippen LogP contribution in [0.25, 0.3) is 0 Å². The molecule has 0 aliphatic heterocycles. The van der Waals surface area contributed by atoms with Crippen LogP contribution >= 0.6 is 0 Å². The van der Waals surface area contributed by atoms with E-state index in [9.17, 15) is 0 Å². The zero-order valence-electron chi connectivity index (χ0n) is 9.48. The average molecular weight is 210 g/mol. The molecule has 0 aliphatic rings. The van der Waals surface area contributed by atoms with Crippen molar-refractivity contribution in [2.75, 3.05) is 5.32 Å². The Kier molecular flexibility index (Phi) is 3.60. The fraction of sp³-hybridized carbons (Fsp3) is 0.200. The second-order valence-corrected chi connectivity index (χ2v) is 3.80. The molecular weight excluding hydrogens is 194 g/mol. The van der Waals surface area contributed by atoms with Gasteiger partial charge in [0.2, 0.25) is 0 Å². The van der Waals surface area contributed by atoms with Crippen molar-refractivity contribution < 1.29 is 0 Å². The molecule has 0 aromatic heterocycles. The second kappa shape index (κ2) is 5.36. The summed E-state index contributed by atoms with van der Waals surface area (Å²) in [6.07, 6.45) is 1.07. The number of anilines is 1. The molecule has 1 heteroatoms. The summed E-state index contributed by atoms with van der Waals surface area (Å²) in [5, 5.41) is 3.52. The van der Waals surface area contributed by atoms with Gasteiger partial charge in [-0.1, -0.05) is 49.4 Å². The van der Waals surface area contributed by atoms with Gasteiger partial charge in [-0.05, 0) is 30.2 Å². The van der Waals surface area contributed by atoms with Crippen LogP contribution in [-0.2, 0) is 0 Å². The maximum atomic E-state index is 3.52. The minimum atomic E-state index is 0.378. The third-order valence-corrected chi connectivity index (χ3v) is 2.67. The summed E-state index contributed by atoms with van der Waals surface area (Å²) in [5.41, 5.74) is 2.48. The monoisotopic (exact) mass is 210 g/mol. The van der Waals surface area contributed by atoms with E-state index in [4.69, 9.17) is 0 Å². The summed E-state index contributed by atoms with van der Waals surface area (Å²) in [6.45, 7) is 2.19. The van der Waals surface area contributed by atoms with E-state index in [-0.39, 0.29) is 0 Å². The van der Waals surface area contributed by atoms with Crippen molar-refractivity contribution >= 4 is 5.69 Å². The van der Waals surface area contributed by atoms with Crippen LogP contribution in [0, 0.1) is 6.07 Å². The molecule has 0 saturated heterocycles. The van der Waals surface area contributed by atoms with Crippen molar-refractivity contribution in [2.24, 2.45) is 0 Å². The SMILES string of the molecule is CCC(Nc1cc[c]cc1)c1ccccc1. The van der Waals surface area contributed by atoms with E-state index in [1.54, 1.807) is 0 Å². The third kappa shape index (κ3) is 2.63. The molecular formula is C15H16N. The van der Waals surface area contributed by atoms with E-state index in [2.05, 4.69) is 42.6 Å². The predicted octanol–water partition coefficient (Wildman–Crippen LogP) is 4.05. The van der Waals surface area contributed by atoms with Gasteiger partial charge in [0.1, 0.15) is 0 Å². The van der Waals surface area contributed by atoms with Crippen LogP contribution in [0.1, 0.15) is 24.9 Å². The smallest absolute Gasteiger partial charge is 0.0511 e. The van der Waals surface area contributed by atoms with Crippen LogP contribution in [-0.4, -0.2) is 0 Å². The highest BCUT2D eigenvalue weighted by Gasteiger charge is 2.07. The molecule has 0 spiro atoms.